The number of hydrogen-bond acceptors (Lipinski definition) is 3. The van der Waals surface area contributed by atoms with Crippen LogP contribution in [-0.2, 0) is 0 Å². The van der Waals surface area contributed by atoms with Crippen LogP contribution >= 0.6 is 24.0 Å². The summed E-state index contributed by atoms with van der Waals surface area (Å²) >= 11 is 0. The van der Waals surface area contributed by atoms with E-state index in [9.17, 15) is 0 Å². The van der Waals surface area contributed by atoms with E-state index >= 15 is 0 Å². The fourth-order valence-electron chi connectivity index (χ4n) is 2.34. The predicted molar refractivity (Wildman–Crippen MR) is 119 cm³/mol. The van der Waals surface area contributed by atoms with Gasteiger partial charge < -0.3 is 15.5 Å². The number of hydrogen-bond donors (Lipinski definition) is 2. The fourth-order valence-corrected chi connectivity index (χ4v) is 2.34. The van der Waals surface area contributed by atoms with E-state index in [-0.39, 0.29) is 29.5 Å². The summed E-state index contributed by atoms with van der Waals surface area (Å²) < 4.78 is 0. The maximum absolute atomic E-state index is 4.73. The summed E-state index contributed by atoms with van der Waals surface area (Å²) in [7, 11) is 4.20. The Bertz CT molecular complexity index is 332. The van der Waals surface area contributed by atoms with E-state index in [1.807, 2.05) is 0 Å². The Morgan fingerprint density at radius 2 is 1.58 bits per heavy atom. The van der Waals surface area contributed by atoms with Gasteiger partial charge in [0.1, 0.15) is 0 Å². The minimum atomic E-state index is 0. The van der Waals surface area contributed by atoms with Crippen molar-refractivity contribution in [2.24, 2.45) is 4.99 Å². The summed E-state index contributed by atoms with van der Waals surface area (Å²) in [5.74, 6) is 0.920. The number of nitrogens with one attached hydrogen (secondary N) is 2. The van der Waals surface area contributed by atoms with Crippen molar-refractivity contribution >= 4 is 29.9 Å². The van der Waals surface area contributed by atoms with Gasteiger partial charge in [-0.1, -0.05) is 0 Å². The lowest BCUT2D eigenvalue weighted by Crippen LogP contribution is -2.44. The van der Waals surface area contributed by atoms with Crippen molar-refractivity contribution < 1.29 is 0 Å². The second-order valence-corrected chi connectivity index (χ2v) is 7.61. The molecule has 5 nitrogen and oxygen atoms in total. The van der Waals surface area contributed by atoms with Crippen LogP contribution in [0.4, 0.5) is 0 Å². The molecule has 0 unspecified atom stereocenters. The summed E-state index contributed by atoms with van der Waals surface area (Å²) in [6.07, 6.45) is 1.12. The molecule has 0 bridgehead atoms. The second kappa shape index (κ2) is 13.2. The quantitative estimate of drug-likeness (QED) is 0.230. The topological polar surface area (TPSA) is 42.9 Å². The Morgan fingerprint density at radius 1 is 1.04 bits per heavy atom. The molecule has 0 aliphatic heterocycles. The van der Waals surface area contributed by atoms with Gasteiger partial charge in [0.25, 0.3) is 0 Å². The first-order chi connectivity index (χ1) is 10.6. The van der Waals surface area contributed by atoms with Crippen molar-refractivity contribution in [1.29, 1.82) is 0 Å². The maximum Gasteiger partial charge on any atom is 0.191 e. The lowest BCUT2D eigenvalue weighted by Gasteiger charge is -2.31. The third-order valence-electron chi connectivity index (χ3n) is 4.39. The Labute approximate surface area is 168 Å². The molecule has 0 aromatic heterocycles. The molecule has 0 fully saturated rings. The molecular weight excluding hydrogens is 413 g/mol. The van der Waals surface area contributed by atoms with E-state index in [0.29, 0.717) is 12.1 Å². The molecule has 0 heterocycles. The van der Waals surface area contributed by atoms with Gasteiger partial charge in [0.05, 0.1) is 6.54 Å². The third-order valence-corrected chi connectivity index (χ3v) is 4.39. The van der Waals surface area contributed by atoms with Crippen molar-refractivity contribution in [3.63, 3.8) is 0 Å². The highest BCUT2D eigenvalue weighted by atomic mass is 127. The van der Waals surface area contributed by atoms with E-state index in [1.54, 1.807) is 0 Å². The van der Waals surface area contributed by atoms with Gasteiger partial charge in [-0.2, -0.15) is 0 Å². The number of rotatable bonds is 10. The first kappa shape index (κ1) is 26.2. The molecule has 0 radical (unpaired) electrons. The SMILES string of the molecule is CCNC(=NCC(C)(C)N(C)C)NCCCN(C(C)C)C(C)C.I. The standard InChI is InChI=1S/C18H41N5.HI/c1-10-19-17(21-14-18(6,7)22(8)9)20-12-11-13-23(15(2)3)16(4)5;/h15-16H,10-14H2,1-9H3,(H2,19,20,21);1H. The summed E-state index contributed by atoms with van der Waals surface area (Å²) in [6.45, 7) is 19.3. The number of likely N-dealkylation sites (N-methyl/N-ethyl adjacent to an activating group) is 1. The van der Waals surface area contributed by atoms with Gasteiger partial charge in [0.2, 0.25) is 0 Å². The first-order valence-corrected chi connectivity index (χ1v) is 9.07. The average Bonchev–Trinajstić information content (AvgIpc) is 2.43. The van der Waals surface area contributed by atoms with Gasteiger partial charge in [-0.3, -0.25) is 9.89 Å². The lowest BCUT2D eigenvalue weighted by molar-refractivity contribution is 0.173. The second-order valence-electron chi connectivity index (χ2n) is 7.61. The van der Waals surface area contributed by atoms with Gasteiger partial charge >= 0.3 is 0 Å². The lowest BCUT2D eigenvalue weighted by atomic mass is 10.1. The summed E-state index contributed by atoms with van der Waals surface area (Å²) in [5.41, 5.74) is 0.0639. The van der Waals surface area contributed by atoms with Crippen LogP contribution in [0.15, 0.2) is 4.99 Å². The maximum atomic E-state index is 4.73. The van der Waals surface area contributed by atoms with Crippen molar-refractivity contribution in [2.45, 2.75) is 72.5 Å². The smallest absolute Gasteiger partial charge is 0.191 e. The Morgan fingerprint density at radius 3 is 2.00 bits per heavy atom. The average molecular weight is 455 g/mol. The first-order valence-electron chi connectivity index (χ1n) is 9.07. The van der Waals surface area contributed by atoms with E-state index in [0.717, 1.165) is 38.6 Å². The Kier molecular flexibility index (Phi) is 14.3. The van der Waals surface area contributed by atoms with Crippen LogP contribution in [-0.4, -0.2) is 73.7 Å². The normalized spacial score (nSPS) is 13.0. The van der Waals surface area contributed by atoms with Gasteiger partial charge in [-0.25, -0.2) is 0 Å². The van der Waals surface area contributed by atoms with E-state index in [1.165, 1.54) is 0 Å². The van der Waals surface area contributed by atoms with Crippen molar-refractivity contribution in [3.05, 3.63) is 0 Å². The molecule has 2 N–H and O–H groups in total. The molecule has 0 atom stereocenters. The molecule has 0 aliphatic rings. The van der Waals surface area contributed by atoms with E-state index < -0.39 is 0 Å². The zero-order valence-corrected chi connectivity index (χ0v) is 19.8. The number of aliphatic imine (C=N–C) groups is 1. The van der Waals surface area contributed by atoms with Gasteiger partial charge in [0.15, 0.2) is 5.96 Å². The number of guanidine groups is 1. The summed E-state index contributed by atoms with van der Waals surface area (Å²) in [5, 5.41) is 6.79. The minimum Gasteiger partial charge on any atom is -0.357 e. The monoisotopic (exact) mass is 455 g/mol. The highest BCUT2D eigenvalue weighted by Crippen LogP contribution is 2.09. The number of nitrogens with zero attached hydrogens (tertiary/aromatic N) is 3. The van der Waals surface area contributed by atoms with Crippen LogP contribution in [0.2, 0.25) is 0 Å². The molecule has 0 saturated heterocycles. The summed E-state index contributed by atoms with van der Waals surface area (Å²) in [4.78, 5) is 9.47. The van der Waals surface area contributed by atoms with Crippen molar-refractivity contribution in [2.75, 3.05) is 40.3 Å². The molecule has 24 heavy (non-hydrogen) atoms. The molecule has 6 heteroatoms. The van der Waals surface area contributed by atoms with E-state index in [4.69, 9.17) is 4.99 Å². The van der Waals surface area contributed by atoms with Crippen molar-refractivity contribution in [3.8, 4) is 0 Å². The Hall–Kier alpha value is -0.0800. The van der Waals surface area contributed by atoms with Crippen LogP contribution in [0.25, 0.3) is 0 Å². The Balaban J connectivity index is 0. The van der Waals surface area contributed by atoms with Crippen LogP contribution in [0.1, 0.15) is 54.9 Å². The predicted octanol–water partition coefficient (Wildman–Crippen LogP) is 3.01. The molecule has 0 aliphatic carbocycles. The molecule has 0 aromatic rings. The largest absolute Gasteiger partial charge is 0.357 e. The highest BCUT2D eigenvalue weighted by molar-refractivity contribution is 14.0. The molecule has 0 saturated carbocycles. The molecule has 0 spiro atoms. The third kappa shape index (κ3) is 10.7. The van der Waals surface area contributed by atoms with Gasteiger partial charge in [-0.05, 0) is 69.0 Å². The molecule has 0 amide bonds. The van der Waals surface area contributed by atoms with Crippen LogP contribution in [0, 0.1) is 0 Å². The zero-order valence-electron chi connectivity index (χ0n) is 17.4. The summed E-state index contributed by atoms with van der Waals surface area (Å²) in [6, 6.07) is 1.19. The molecule has 146 valence electrons. The fraction of sp³-hybridized carbons (Fsp3) is 0.944. The molecule has 0 aromatic carbocycles. The molecular formula is C18H42IN5. The van der Waals surface area contributed by atoms with Gasteiger partial charge in [-0.15, -0.1) is 24.0 Å². The van der Waals surface area contributed by atoms with Crippen LogP contribution < -0.4 is 10.6 Å². The van der Waals surface area contributed by atoms with Crippen molar-refractivity contribution in [1.82, 2.24) is 20.4 Å². The number of halogens is 1. The van der Waals surface area contributed by atoms with Gasteiger partial charge in [0, 0.05) is 37.3 Å². The van der Waals surface area contributed by atoms with Crippen LogP contribution in [0.5, 0.6) is 0 Å². The molecule has 0 rings (SSSR count). The van der Waals surface area contributed by atoms with E-state index in [2.05, 4.69) is 83.0 Å². The zero-order chi connectivity index (χ0) is 18.0. The highest BCUT2D eigenvalue weighted by Gasteiger charge is 2.20. The van der Waals surface area contributed by atoms with Crippen LogP contribution in [0.3, 0.4) is 0 Å². The minimum absolute atomic E-state index is 0.